The van der Waals surface area contributed by atoms with Crippen LogP contribution in [0.2, 0.25) is 0 Å². The number of thiophene rings is 1. The lowest BCUT2D eigenvalue weighted by atomic mass is 9.83. The van der Waals surface area contributed by atoms with Crippen LogP contribution in [0.4, 0.5) is 4.79 Å². The SMILES string of the molecule is CC(C)NC(=O)N1C[C@@H]2C[C@H](C1)c1ccc(C(=O)NCc3cccs3)c(=O)n1C2. The molecular weight excluding hydrogens is 388 g/mol. The number of fused-ring (bicyclic) bond motifs is 4. The Hall–Kier alpha value is -2.61. The van der Waals surface area contributed by atoms with E-state index in [1.165, 1.54) is 0 Å². The number of amides is 3. The van der Waals surface area contributed by atoms with Gasteiger partial charge in [0.05, 0.1) is 6.54 Å². The second-order valence-electron chi connectivity index (χ2n) is 8.16. The lowest BCUT2D eigenvalue weighted by molar-refractivity contribution is 0.0947. The molecule has 1 saturated heterocycles. The number of rotatable bonds is 4. The molecule has 154 valence electrons. The fraction of sp³-hybridized carbons (Fsp3) is 0.476. The van der Waals surface area contributed by atoms with Crippen molar-refractivity contribution in [3.63, 3.8) is 0 Å². The molecule has 0 aliphatic carbocycles. The van der Waals surface area contributed by atoms with Crippen molar-refractivity contribution >= 4 is 23.3 Å². The number of hydrogen-bond donors (Lipinski definition) is 2. The van der Waals surface area contributed by atoms with Gasteiger partial charge in [0.25, 0.3) is 11.5 Å². The molecule has 29 heavy (non-hydrogen) atoms. The smallest absolute Gasteiger partial charge is 0.317 e. The van der Waals surface area contributed by atoms with Crippen molar-refractivity contribution < 1.29 is 9.59 Å². The molecule has 7 nitrogen and oxygen atoms in total. The largest absolute Gasteiger partial charge is 0.347 e. The second-order valence-corrected chi connectivity index (χ2v) is 9.19. The molecule has 3 amide bonds. The monoisotopic (exact) mass is 414 g/mol. The number of carbonyl (C=O) groups excluding carboxylic acids is 2. The molecule has 0 radical (unpaired) electrons. The van der Waals surface area contributed by atoms with Gasteiger partial charge in [0.1, 0.15) is 5.56 Å². The standard InChI is InChI=1S/C21H26N4O3S/c1-13(2)23-21(28)24-10-14-8-15(12-24)18-6-5-17(20(27)25(18)11-14)19(26)22-9-16-4-3-7-29-16/h3-7,13-15H,8-12H2,1-2H3,(H,22,26)(H,23,28)/t14-,15+/m0/s1. The van der Waals surface area contributed by atoms with Crippen LogP contribution in [-0.4, -0.2) is 40.5 Å². The Bertz CT molecular complexity index is 967. The quantitative estimate of drug-likeness (QED) is 0.806. The van der Waals surface area contributed by atoms with E-state index in [1.54, 1.807) is 22.0 Å². The van der Waals surface area contributed by atoms with Gasteiger partial charge in [-0.1, -0.05) is 6.07 Å². The van der Waals surface area contributed by atoms with E-state index in [0.29, 0.717) is 26.2 Å². The zero-order valence-electron chi connectivity index (χ0n) is 16.7. The number of piperidine rings is 1. The van der Waals surface area contributed by atoms with E-state index in [0.717, 1.165) is 17.0 Å². The van der Waals surface area contributed by atoms with Gasteiger partial charge in [-0.05, 0) is 49.8 Å². The summed E-state index contributed by atoms with van der Waals surface area (Å²) >= 11 is 1.57. The zero-order valence-corrected chi connectivity index (χ0v) is 17.5. The van der Waals surface area contributed by atoms with Crippen LogP contribution in [-0.2, 0) is 13.1 Å². The van der Waals surface area contributed by atoms with E-state index in [4.69, 9.17) is 0 Å². The summed E-state index contributed by atoms with van der Waals surface area (Å²) in [7, 11) is 0. The molecule has 0 spiro atoms. The molecule has 2 aromatic heterocycles. The lowest BCUT2D eigenvalue weighted by Gasteiger charge is -2.43. The number of nitrogens with one attached hydrogen (secondary N) is 2. The molecule has 2 aromatic rings. The van der Waals surface area contributed by atoms with E-state index in [9.17, 15) is 14.4 Å². The van der Waals surface area contributed by atoms with E-state index in [1.807, 2.05) is 42.3 Å². The fourth-order valence-corrected chi connectivity index (χ4v) is 4.94. The Morgan fingerprint density at radius 1 is 1.21 bits per heavy atom. The summed E-state index contributed by atoms with van der Waals surface area (Å²) in [5, 5.41) is 7.75. The van der Waals surface area contributed by atoms with Crippen molar-refractivity contribution in [3.05, 3.63) is 56.1 Å². The number of urea groups is 1. The van der Waals surface area contributed by atoms with E-state index in [2.05, 4.69) is 10.6 Å². The Morgan fingerprint density at radius 2 is 2.03 bits per heavy atom. The van der Waals surface area contributed by atoms with E-state index >= 15 is 0 Å². The third-order valence-electron chi connectivity index (χ3n) is 5.55. The summed E-state index contributed by atoms with van der Waals surface area (Å²) in [6.45, 7) is 6.09. The number of likely N-dealkylation sites (tertiary alicyclic amines) is 1. The third kappa shape index (κ3) is 4.07. The normalized spacial score (nSPS) is 20.3. The molecule has 2 N–H and O–H groups in total. The van der Waals surface area contributed by atoms with Crippen LogP contribution in [0.3, 0.4) is 0 Å². The Balaban J connectivity index is 1.52. The van der Waals surface area contributed by atoms with E-state index in [-0.39, 0.29) is 40.9 Å². The number of carbonyl (C=O) groups is 2. The minimum absolute atomic E-state index is 0.0462. The lowest BCUT2D eigenvalue weighted by Crippen LogP contribution is -2.53. The Labute approximate surface area is 173 Å². The zero-order chi connectivity index (χ0) is 20.5. The molecule has 1 fully saturated rings. The molecule has 4 rings (SSSR count). The van der Waals surface area contributed by atoms with Gasteiger partial charge < -0.3 is 20.1 Å². The minimum atomic E-state index is -0.340. The number of aromatic nitrogens is 1. The molecule has 0 unspecified atom stereocenters. The maximum atomic E-state index is 13.0. The first-order valence-corrected chi connectivity index (χ1v) is 10.9. The van der Waals surface area contributed by atoms with Gasteiger partial charge in [0.15, 0.2) is 0 Å². The highest BCUT2D eigenvalue weighted by molar-refractivity contribution is 7.09. The fourth-order valence-electron chi connectivity index (χ4n) is 4.30. The summed E-state index contributed by atoms with van der Waals surface area (Å²) in [6, 6.07) is 7.44. The average Bonchev–Trinajstić information content (AvgIpc) is 3.20. The molecule has 2 atom stereocenters. The molecule has 4 heterocycles. The van der Waals surface area contributed by atoms with Crippen molar-refractivity contribution in [2.75, 3.05) is 13.1 Å². The summed E-state index contributed by atoms with van der Waals surface area (Å²) in [5.41, 5.74) is 0.865. The summed E-state index contributed by atoms with van der Waals surface area (Å²) in [4.78, 5) is 40.9. The molecule has 2 aliphatic heterocycles. The predicted octanol–water partition coefficient (Wildman–Crippen LogP) is 2.38. The first-order valence-electron chi connectivity index (χ1n) is 10.0. The van der Waals surface area contributed by atoms with Gasteiger partial charge in [-0.25, -0.2) is 4.79 Å². The second kappa shape index (κ2) is 8.02. The number of pyridine rings is 1. The van der Waals surface area contributed by atoms with Gasteiger partial charge in [0, 0.05) is 42.2 Å². The van der Waals surface area contributed by atoms with Crippen molar-refractivity contribution in [3.8, 4) is 0 Å². The first kappa shape index (κ1) is 19.7. The molecule has 0 saturated carbocycles. The molecule has 8 heteroatoms. The third-order valence-corrected chi connectivity index (χ3v) is 6.43. The van der Waals surface area contributed by atoms with Crippen LogP contribution >= 0.6 is 11.3 Å². The topological polar surface area (TPSA) is 83.4 Å². The van der Waals surface area contributed by atoms with Crippen molar-refractivity contribution in [2.24, 2.45) is 5.92 Å². The van der Waals surface area contributed by atoms with Crippen LogP contribution in [0.1, 0.15) is 47.1 Å². The highest BCUT2D eigenvalue weighted by atomic mass is 32.1. The highest BCUT2D eigenvalue weighted by Crippen LogP contribution is 2.35. The van der Waals surface area contributed by atoms with Crippen molar-refractivity contribution in [2.45, 2.75) is 45.3 Å². The highest BCUT2D eigenvalue weighted by Gasteiger charge is 2.37. The summed E-state index contributed by atoms with van der Waals surface area (Å²) < 4.78 is 1.75. The van der Waals surface area contributed by atoms with E-state index < -0.39 is 0 Å². The average molecular weight is 415 g/mol. The number of nitrogens with zero attached hydrogens (tertiary/aromatic N) is 2. The molecule has 2 bridgehead atoms. The maximum absolute atomic E-state index is 13.0. The van der Waals surface area contributed by atoms with Crippen molar-refractivity contribution in [1.29, 1.82) is 0 Å². The van der Waals surface area contributed by atoms with Gasteiger partial charge in [-0.3, -0.25) is 9.59 Å². The van der Waals surface area contributed by atoms with Crippen LogP contribution in [0.15, 0.2) is 34.4 Å². The molecule has 0 aromatic carbocycles. The Kier molecular flexibility index (Phi) is 5.45. The molecule has 2 aliphatic rings. The van der Waals surface area contributed by atoms with Gasteiger partial charge in [0.2, 0.25) is 0 Å². The summed E-state index contributed by atoms with van der Waals surface area (Å²) in [6.07, 6.45) is 0.967. The van der Waals surface area contributed by atoms with Gasteiger partial charge in [-0.15, -0.1) is 11.3 Å². The summed E-state index contributed by atoms with van der Waals surface area (Å²) in [5.74, 6) is 0.00463. The minimum Gasteiger partial charge on any atom is -0.347 e. The predicted molar refractivity (Wildman–Crippen MR) is 112 cm³/mol. The van der Waals surface area contributed by atoms with Crippen LogP contribution in [0, 0.1) is 5.92 Å². The van der Waals surface area contributed by atoms with Gasteiger partial charge >= 0.3 is 6.03 Å². The van der Waals surface area contributed by atoms with Gasteiger partial charge in [-0.2, -0.15) is 0 Å². The van der Waals surface area contributed by atoms with Crippen LogP contribution in [0.25, 0.3) is 0 Å². The maximum Gasteiger partial charge on any atom is 0.317 e. The van der Waals surface area contributed by atoms with Crippen molar-refractivity contribution in [1.82, 2.24) is 20.1 Å². The van der Waals surface area contributed by atoms with Crippen LogP contribution in [0.5, 0.6) is 0 Å². The first-order chi connectivity index (χ1) is 13.9. The Morgan fingerprint density at radius 3 is 2.76 bits per heavy atom. The molecular formula is C21H26N4O3S. The number of hydrogen-bond acceptors (Lipinski definition) is 4. The van der Waals surface area contributed by atoms with Crippen LogP contribution < -0.4 is 16.2 Å².